The van der Waals surface area contributed by atoms with E-state index in [0.29, 0.717) is 6.54 Å². The predicted octanol–water partition coefficient (Wildman–Crippen LogP) is 3.75. The Labute approximate surface area is 132 Å². The number of hydrogen-bond acceptors (Lipinski definition) is 3. The first-order valence-corrected chi connectivity index (χ1v) is 7.80. The quantitative estimate of drug-likeness (QED) is 0.797. The van der Waals surface area contributed by atoms with Crippen LogP contribution in [0.4, 0.5) is 4.39 Å². The second-order valence-corrected chi connectivity index (χ2v) is 7.40. The van der Waals surface area contributed by atoms with Gasteiger partial charge in [-0.15, -0.1) is 0 Å². The Balaban J connectivity index is 2.13. The Morgan fingerprint density at radius 3 is 2.50 bits per heavy atom. The zero-order valence-electron chi connectivity index (χ0n) is 14.1. The molecule has 1 aromatic rings. The van der Waals surface area contributed by atoms with Gasteiger partial charge in [-0.05, 0) is 40.2 Å². The minimum atomic E-state index is -1.21. The van der Waals surface area contributed by atoms with E-state index in [-0.39, 0.29) is 12.6 Å². The molecule has 0 N–H and O–H groups in total. The van der Waals surface area contributed by atoms with E-state index in [4.69, 9.17) is 4.74 Å². The van der Waals surface area contributed by atoms with Gasteiger partial charge in [-0.1, -0.05) is 30.3 Å². The number of carbonyl (C=O) groups excluding carboxylic acids is 1. The van der Waals surface area contributed by atoms with Crippen molar-refractivity contribution < 1.29 is 13.9 Å². The number of hydrogen-bond donors (Lipinski definition) is 0. The molecule has 0 bridgehead atoms. The van der Waals surface area contributed by atoms with Crippen LogP contribution in [-0.2, 0) is 9.53 Å². The molecule has 2 rings (SSSR count). The van der Waals surface area contributed by atoms with Crippen LogP contribution in [0.2, 0.25) is 0 Å². The molecule has 3 atom stereocenters. The molecule has 0 saturated carbocycles. The lowest BCUT2D eigenvalue weighted by Crippen LogP contribution is -2.42. The molecule has 1 aliphatic rings. The summed E-state index contributed by atoms with van der Waals surface area (Å²) in [6.07, 6.45) is -1.21. The average Bonchev–Trinajstić information content (AvgIpc) is 2.74. The second-order valence-electron chi connectivity index (χ2n) is 7.40. The molecular weight excluding hydrogens is 281 g/mol. The monoisotopic (exact) mass is 307 g/mol. The molecule has 0 radical (unpaired) electrons. The summed E-state index contributed by atoms with van der Waals surface area (Å²) in [5, 5.41) is 0. The zero-order valence-corrected chi connectivity index (χ0v) is 14.1. The molecule has 4 heteroatoms. The minimum Gasteiger partial charge on any atom is -0.459 e. The van der Waals surface area contributed by atoms with E-state index in [2.05, 4.69) is 0 Å². The van der Waals surface area contributed by atoms with Crippen LogP contribution in [0.25, 0.3) is 0 Å². The Bertz CT molecular complexity index is 526. The molecule has 1 aliphatic heterocycles. The molecule has 0 amide bonds. The molecule has 1 saturated heterocycles. The minimum absolute atomic E-state index is 0.0729. The lowest BCUT2D eigenvalue weighted by Gasteiger charge is -2.30. The van der Waals surface area contributed by atoms with Gasteiger partial charge in [0.15, 0.2) is 0 Å². The Hall–Kier alpha value is -1.42. The van der Waals surface area contributed by atoms with E-state index >= 15 is 0 Å². The Morgan fingerprint density at radius 1 is 1.36 bits per heavy atom. The first-order chi connectivity index (χ1) is 10.1. The van der Waals surface area contributed by atoms with E-state index in [0.717, 1.165) is 5.56 Å². The highest BCUT2D eigenvalue weighted by molar-refractivity contribution is 5.78. The van der Waals surface area contributed by atoms with Crippen LogP contribution >= 0.6 is 0 Å². The lowest BCUT2D eigenvalue weighted by molar-refractivity contribution is -0.168. The number of esters is 1. The molecule has 1 aromatic carbocycles. The predicted molar refractivity (Wildman–Crippen MR) is 85.3 cm³/mol. The third-order valence-electron chi connectivity index (χ3n) is 4.31. The van der Waals surface area contributed by atoms with Crippen LogP contribution < -0.4 is 0 Å². The van der Waals surface area contributed by atoms with E-state index in [9.17, 15) is 9.18 Å². The van der Waals surface area contributed by atoms with Crippen molar-refractivity contribution in [3.63, 3.8) is 0 Å². The van der Waals surface area contributed by atoms with Crippen LogP contribution in [0.15, 0.2) is 30.3 Å². The van der Waals surface area contributed by atoms with Crippen LogP contribution in [0.3, 0.4) is 0 Å². The lowest BCUT2D eigenvalue weighted by atomic mass is 9.88. The molecule has 122 valence electrons. The zero-order chi connectivity index (χ0) is 16.5. The van der Waals surface area contributed by atoms with Crippen molar-refractivity contribution >= 4 is 5.97 Å². The van der Waals surface area contributed by atoms with Gasteiger partial charge in [0.25, 0.3) is 0 Å². The van der Waals surface area contributed by atoms with Crippen LogP contribution in [0.1, 0.15) is 46.2 Å². The number of alkyl halides is 1. The second kappa shape index (κ2) is 5.99. The molecule has 1 heterocycles. The third kappa shape index (κ3) is 3.49. The van der Waals surface area contributed by atoms with Gasteiger partial charge in [-0.2, -0.15) is 0 Å². The van der Waals surface area contributed by atoms with Crippen molar-refractivity contribution in [2.45, 2.75) is 52.4 Å². The van der Waals surface area contributed by atoms with E-state index < -0.39 is 23.2 Å². The average molecular weight is 307 g/mol. The number of nitrogens with zero attached hydrogens (tertiary/aromatic N) is 1. The van der Waals surface area contributed by atoms with Gasteiger partial charge < -0.3 is 4.74 Å². The molecule has 1 unspecified atom stereocenters. The highest BCUT2D eigenvalue weighted by Gasteiger charge is 2.52. The number of halogens is 1. The number of ether oxygens (including phenoxy) is 1. The van der Waals surface area contributed by atoms with Gasteiger partial charge >= 0.3 is 5.97 Å². The summed E-state index contributed by atoms with van der Waals surface area (Å²) in [5.74, 6) is -0.449. The van der Waals surface area contributed by atoms with Crippen molar-refractivity contribution in [1.82, 2.24) is 4.90 Å². The molecule has 0 spiro atoms. The van der Waals surface area contributed by atoms with Gasteiger partial charge in [0, 0.05) is 19.1 Å². The normalized spacial score (nSPS) is 27.6. The summed E-state index contributed by atoms with van der Waals surface area (Å²) < 4.78 is 20.0. The highest BCUT2D eigenvalue weighted by Crippen LogP contribution is 2.39. The fourth-order valence-electron chi connectivity index (χ4n) is 2.82. The molecule has 0 aliphatic carbocycles. The Kier molecular flexibility index (Phi) is 4.62. The fraction of sp³-hybridized carbons (Fsp3) is 0.611. The summed E-state index contributed by atoms with van der Waals surface area (Å²) in [6.45, 7) is 9.76. The van der Waals surface area contributed by atoms with E-state index in [1.165, 1.54) is 0 Å². The van der Waals surface area contributed by atoms with Gasteiger partial charge in [0.05, 0.1) is 0 Å². The molecule has 1 fully saturated rings. The summed E-state index contributed by atoms with van der Waals surface area (Å²) in [6, 6.07) is 10.0. The van der Waals surface area contributed by atoms with E-state index in [1.807, 2.05) is 42.2 Å². The largest absolute Gasteiger partial charge is 0.459 e. The summed E-state index contributed by atoms with van der Waals surface area (Å²) in [7, 11) is 0. The van der Waals surface area contributed by atoms with Crippen molar-refractivity contribution in [3.05, 3.63) is 35.9 Å². The van der Waals surface area contributed by atoms with Gasteiger partial charge in [-0.25, -0.2) is 4.39 Å². The van der Waals surface area contributed by atoms with Gasteiger partial charge in [0.2, 0.25) is 0 Å². The van der Waals surface area contributed by atoms with Crippen molar-refractivity contribution in [3.8, 4) is 0 Å². The third-order valence-corrected chi connectivity index (χ3v) is 4.31. The maximum atomic E-state index is 14.6. The molecule has 0 aromatic heterocycles. The van der Waals surface area contributed by atoms with Crippen LogP contribution in [-0.4, -0.2) is 35.7 Å². The smallest absolute Gasteiger partial charge is 0.316 e. The van der Waals surface area contributed by atoms with Crippen LogP contribution in [0, 0.1) is 5.41 Å². The maximum absolute atomic E-state index is 14.6. The summed E-state index contributed by atoms with van der Waals surface area (Å²) in [4.78, 5) is 14.4. The SMILES string of the molecule is C[C@H](c1ccccc1)N1CC(F)[C@](C)(C(=O)OC(C)(C)C)C1. The van der Waals surface area contributed by atoms with E-state index in [1.54, 1.807) is 27.7 Å². The molecule has 22 heavy (non-hydrogen) atoms. The molecular formula is C18H26FNO2. The maximum Gasteiger partial charge on any atom is 0.316 e. The number of rotatable bonds is 3. The van der Waals surface area contributed by atoms with Crippen molar-refractivity contribution in [2.24, 2.45) is 5.41 Å². The molecule has 3 nitrogen and oxygen atoms in total. The number of benzene rings is 1. The van der Waals surface area contributed by atoms with Gasteiger partial charge in [0.1, 0.15) is 17.2 Å². The summed E-state index contributed by atoms with van der Waals surface area (Å²) >= 11 is 0. The highest BCUT2D eigenvalue weighted by atomic mass is 19.1. The number of carbonyl (C=O) groups is 1. The van der Waals surface area contributed by atoms with Gasteiger partial charge in [-0.3, -0.25) is 9.69 Å². The van der Waals surface area contributed by atoms with Crippen molar-refractivity contribution in [2.75, 3.05) is 13.1 Å². The van der Waals surface area contributed by atoms with Crippen molar-refractivity contribution in [1.29, 1.82) is 0 Å². The first-order valence-electron chi connectivity index (χ1n) is 7.80. The summed E-state index contributed by atoms with van der Waals surface area (Å²) in [5.41, 5.74) is -0.572. The fourth-order valence-corrected chi connectivity index (χ4v) is 2.82. The first kappa shape index (κ1) is 16.9. The Morgan fingerprint density at radius 2 is 1.95 bits per heavy atom. The topological polar surface area (TPSA) is 29.5 Å². The number of likely N-dealkylation sites (tertiary alicyclic amines) is 1. The standard InChI is InChI=1S/C18H26FNO2/c1-13(14-9-7-6-8-10-14)20-11-15(19)18(5,12-20)16(21)22-17(2,3)4/h6-10,13,15H,11-12H2,1-5H3/t13-,15?,18-/m1/s1. The van der Waals surface area contributed by atoms with Crippen LogP contribution in [0.5, 0.6) is 0 Å².